The molecule has 0 saturated carbocycles. The lowest BCUT2D eigenvalue weighted by atomic mass is 9.87. The van der Waals surface area contributed by atoms with Crippen LogP contribution >= 0.6 is 0 Å². The van der Waals surface area contributed by atoms with Crippen LogP contribution in [0.25, 0.3) is 0 Å². The summed E-state index contributed by atoms with van der Waals surface area (Å²) in [7, 11) is 0. The fourth-order valence-electron chi connectivity index (χ4n) is 4.22. The normalized spacial score (nSPS) is 28.6. The molecule has 0 amide bonds. The molecule has 2 aliphatic rings. The Labute approximate surface area is 193 Å². The molecule has 0 bridgehead atoms. The molecule has 1 aliphatic heterocycles. The molecule has 6 nitrogen and oxygen atoms in total. The summed E-state index contributed by atoms with van der Waals surface area (Å²) in [5.74, 6) is 0.826. The van der Waals surface area contributed by atoms with E-state index in [-0.39, 0.29) is 17.9 Å². The molecule has 0 radical (unpaired) electrons. The fourth-order valence-corrected chi connectivity index (χ4v) is 4.22. The average molecular weight is 450 g/mol. The monoisotopic (exact) mass is 449 g/mol. The summed E-state index contributed by atoms with van der Waals surface area (Å²) in [6.07, 6.45) is 12.3. The molecule has 0 spiro atoms. The smallest absolute Gasteiger partial charge is 0.120 e. The number of halogens is 1. The Bertz CT molecular complexity index is 686. The van der Waals surface area contributed by atoms with Crippen molar-refractivity contribution in [2.45, 2.75) is 104 Å². The maximum absolute atomic E-state index is 13.7. The molecular weight excluding hydrogens is 405 g/mol. The van der Waals surface area contributed by atoms with Crippen molar-refractivity contribution in [2.24, 2.45) is 27.9 Å². The fraction of sp³-hybridized carbons (Fsp3) is 0.760. The maximum Gasteiger partial charge on any atom is 0.120 e. The van der Waals surface area contributed by atoms with Gasteiger partial charge in [0.1, 0.15) is 6.23 Å². The van der Waals surface area contributed by atoms with Crippen LogP contribution in [0.4, 0.5) is 4.39 Å². The van der Waals surface area contributed by atoms with E-state index in [1.807, 2.05) is 19.1 Å². The van der Waals surface area contributed by atoms with E-state index in [0.717, 1.165) is 25.8 Å². The number of allylic oxidation sites excluding steroid dienone is 4. The van der Waals surface area contributed by atoms with Crippen molar-refractivity contribution in [2.75, 3.05) is 6.54 Å². The Morgan fingerprint density at radius 1 is 1.34 bits per heavy atom. The number of aliphatic hydroxyl groups is 1. The van der Waals surface area contributed by atoms with E-state index in [1.165, 1.54) is 13.3 Å². The Morgan fingerprint density at radius 3 is 2.72 bits per heavy atom. The highest BCUT2D eigenvalue weighted by atomic mass is 19.1. The maximum atomic E-state index is 13.7. The Hall–Kier alpha value is -1.57. The summed E-state index contributed by atoms with van der Waals surface area (Å²) in [5.41, 5.74) is 6.86. The first kappa shape index (κ1) is 26.7. The van der Waals surface area contributed by atoms with Crippen molar-refractivity contribution in [1.29, 1.82) is 0 Å². The summed E-state index contributed by atoms with van der Waals surface area (Å²) in [6.45, 7) is 11.0. The van der Waals surface area contributed by atoms with E-state index in [4.69, 9.17) is 5.73 Å². The molecule has 6 atom stereocenters. The number of aliphatic hydroxyl groups excluding tert-OH is 1. The Morgan fingerprint density at radius 2 is 2.09 bits per heavy atom. The van der Waals surface area contributed by atoms with Crippen LogP contribution in [0.2, 0.25) is 0 Å². The van der Waals surface area contributed by atoms with E-state index in [2.05, 4.69) is 53.6 Å². The molecule has 7 heteroatoms. The number of nitrogens with one attached hydrogen (secondary N) is 1. The lowest BCUT2D eigenvalue weighted by Gasteiger charge is -2.35. The molecule has 0 aromatic heterocycles. The van der Waals surface area contributed by atoms with Crippen LogP contribution < -0.4 is 11.1 Å². The first-order valence-electron chi connectivity index (χ1n) is 12.3. The second-order valence-corrected chi connectivity index (χ2v) is 9.83. The van der Waals surface area contributed by atoms with Gasteiger partial charge in [-0.3, -0.25) is 10.3 Å². The van der Waals surface area contributed by atoms with Gasteiger partial charge in [0.15, 0.2) is 0 Å². The average Bonchev–Trinajstić information content (AvgIpc) is 3.22. The van der Waals surface area contributed by atoms with Crippen LogP contribution in [0.3, 0.4) is 0 Å². The molecule has 182 valence electrons. The first-order chi connectivity index (χ1) is 15.2. The minimum Gasteiger partial charge on any atom is -0.377 e. The van der Waals surface area contributed by atoms with Crippen molar-refractivity contribution in [3.05, 3.63) is 35.7 Å². The largest absolute Gasteiger partial charge is 0.377 e. The number of hydrogen-bond donors (Lipinski definition) is 3. The van der Waals surface area contributed by atoms with Crippen LogP contribution in [-0.2, 0) is 0 Å². The van der Waals surface area contributed by atoms with E-state index in [0.29, 0.717) is 36.3 Å². The number of nitrogens with zero attached hydrogens (tertiary/aromatic N) is 3. The minimum atomic E-state index is -0.841. The van der Waals surface area contributed by atoms with E-state index >= 15 is 0 Å². The van der Waals surface area contributed by atoms with E-state index in [9.17, 15) is 9.50 Å². The van der Waals surface area contributed by atoms with Crippen molar-refractivity contribution in [3.8, 4) is 0 Å². The zero-order chi connectivity index (χ0) is 23.7. The Balaban J connectivity index is 1.82. The zero-order valence-electron chi connectivity index (χ0n) is 20.5. The summed E-state index contributed by atoms with van der Waals surface area (Å²) in [6, 6.07) is 0.122. The van der Waals surface area contributed by atoms with Crippen molar-refractivity contribution >= 4 is 0 Å². The highest BCUT2D eigenvalue weighted by Crippen LogP contribution is 2.27. The van der Waals surface area contributed by atoms with Gasteiger partial charge in [-0.15, -0.1) is 0 Å². The predicted octanol–water partition coefficient (Wildman–Crippen LogP) is 5.03. The summed E-state index contributed by atoms with van der Waals surface area (Å²) >= 11 is 0. The standard InChI is InChI=1S/C25H44FN5O/c1-6-7-8-20(19(5)26)10-13-23(27)25(32)28-24-14-12-22(15-18(24)4)31-16-21(29-30-31)11-9-17(2)3/h7-8,12,14,17-18,21-25,28,32H,6,9-11,13,15-16,27H2,1-5H3/b8-7-,20-19-/t18-,21?,22?,23?,24?,25+/m0/s1. The van der Waals surface area contributed by atoms with Crippen molar-refractivity contribution < 1.29 is 9.50 Å². The molecule has 4 unspecified atom stereocenters. The van der Waals surface area contributed by atoms with Crippen LogP contribution in [0.15, 0.2) is 46.0 Å². The zero-order valence-corrected chi connectivity index (χ0v) is 20.5. The molecular formula is C25H44FN5O. The summed E-state index contributed by atoms with van der Waals surface area (Å²) in [4.78, 5) is 0. The molecule has 0 saturated heterocycles. The third-order valence-corrected chi connectivity index (χ3v) is 6.47. The van der Waals surface area contributed by atoms with Crippen LogP contribution in [0.5, 0.6) is 0 Å². The molecule has 2 rings (SSSR count). The number of nitrogens with two attached hydrogens (primary N) is 1. The highest BCUT2D eigenvalue weighted by molar-refractivity contribution is 5.21. The van der Waals surface area contributed by atoms with Gasteiger partial charge in [0, 0.05) is 12.1 Å². The van der Waals surface area contributed by atoms with Crippen molar-refractivity contribution in [3.63, 3.8) is 0 Å². The topological polar surface area (TPSA) is 86.2 Å². The van der Waals surface area contributed by atoms with Gasteiger partial charge in [-0.1, -0.05) is 57.2 Å². The second-order valence-electron chi connectivity index (χ2n) is 9.83. The quantitative estimate of drug-likeness (QED) is 0.221. The van der Waals surface area contributed by atoms with Gasteiger partial charge in [-0.05, 0) is 62.9 Å². The Kier molecular flexibility index (Phi) is 11.0. The van der Waals surface area contributed by atoms with Crippen LogP contribution in [-0.4, -0.2) is 47.1 Å². The predicted molar refractivity (Wildman–Crippen MR) is 130 cm³/mol. The SMILES string of the molecule is CC/C=C\C(CCC(N)[C@@H](O)NC1C=CC(N2CC(CCC(C)C)N=N2)C[C@@H]1C)=C(/C)F. The van der Waals surface area contributed by atoms with E-state index in [1.54, 1.807) is 0 Å². The third-order valence-electron chi connectivity index (χ3n) is 6.47. The van der Waals surface area contributed by atoms with Crippen LogP contribution in [0.1, 0.15) is 73.1 Å². The molecule has 0 aromatic rings. The third kappa shape index (κ3) is 8.41. The van der Waals surface area contributed by atoms with E-state index < -0.39 is 12.3 Å². The van der Waals surface area contributed by atoms with Gasteiger partial charge in [0.2, 0.25) is 0 Å². The molecule has 32 heavy (non-hydrogen) atoms. The lowest BCUT2D eigenvalue weighted by Crippen LogP contribution is -2.52. The summed E-state index contributed by atoms with van der Waals surface area (Å²) in [5, 5.41) is 24.8. The van der Waals surface area contributed by atoms with Gasteiger partial charge in [0.05, 0.1) is 24.5 Å². The molecule has 1 heterocycles. The summed E-state index contributed by atoms with van der Waals surface area (Å²) < 4.78 is 13.7. The molecule has 0 aromatic carbocycles. The lowest BCUT2D eigenvalue weighted by molar-refractivity contribution is 0.0844. The molecule has 1 aliphatic carbocycles. The minimum absolute atomic E-state index is 0.0430. The van der Waals surface area contributed by atoms with Gasteiger partial charge < -0.3 is 10.8 Å². The number of rotatable bonds is 12. The van der Waals surface area contributed by atoms with Crippen LogP contribution in [0, 0.1) is 11.8 Å². The van der Waals surface area contributed by atoms with Crippen molar-refractivity contribution in [1.82, 2.24) is 10.3 Å². The highest BCUT2D eigenvalue weighted by Gasteiger charge is 2.31. The first-order valence-corrected chi connectivity index (χ1v) is 12.3. The van der Waals surface area contributed by atoms with Gasteiger partial charge in [-0.2, -0.15) is 5.11 Å². The van der Waals surface area contributed by atoms with Gasteiger partial charge in [0.25, 0.3) is 0 Å². The number of hydrogen-bond acceptors (Lipinski definition) is 6. The van der Waals surface area contributed by atoms with Gasteiger partial charge in [-0.25, -0.2) is 4.39 Å². The molecule has 4 N–H and O–H groups in total. The second kappa shape index (κ2) is 13.2. The molecule has 0 fully saturated rings. The van der Waals surface area contributed by atoms with Gasteiger partial charge >= 0.3 is 0 Å².